The maximum atomic E-state index is 12.6. The number of hydrogen-bond donors (Lipinski definition) is 2. The van der Waals surface area contributed by atoms with E-state index in [1.54, 1.807) is 27.9 Å². The number of ether oxygens (including phenoxy) is 1. The molecular formula is C26H34N6O5S. The van der Waals surface area contributed by atoms with Gasteiger partial charge in [0.05, 0.1) is 29.2 Å². The van der Waals surface area contributed by atoms with Crippen LogP contribution in [0.2, 0.25) is 0 Å². The molecule has 1 aliphatic rings. The number of fused-ring (bicyclic) bond motifs is 1. The highest BCUT2D eigenvalue weighted by atomic mass is 32.2. The third-order valence-electron chi connectivity index (χ3n) is 6.09. The molecule has 4 rings (SSSR count). The maximum Gasteiger partial charge on any atom is 0.410 e. The Morgan fingerprint density at radius 2 is 1.95 bits per heavy atom. The van der Waals surface area contributed by atoms with Gasteiger partial charge in [0.15, 0.2) is 0 Å². The minimum Gasteiger partial charge on any atom is -0.444 e. The Labute approximate surface area is 222 Å². The molecule has 0 aromatic carbocycles. The van der Waals surface area contributed by atoms with Crippen LogP contribution in [-0.4, -0.2) is 78.0 Å². The SMILES string of the molecule is CC(C)(C)OC(=O)N1CCCC(c2cccc(-c3cnn4cc(C(=O)NCCNS(C)(=O)=O)ccc34)n2)C1. The number of nitrogens with zero attached hydrogens (tertiary/aromatic N) is 4. The summed E-state index contributed by atoms with van der Waals surface area (Å²) in [4.78, 5) is 31.8. The van der Waals surface area contributed by atoms with Crippen molar-refractivity contribution in [1.82, 2.24) is 29.5 Å². The highest BCUT2D eigenvalue weighted by molar-refractivity contribution is 7.88. The molecule has 12 heteroatoms. The lowest BCUT2D eigenvalue weighted by Crippen LogP contribution is -2.42. The molecule has 2 N–H and O–H groups in total. The molecule has 1 atom stereocenters. The number of nitrogens with one attached hydrogen (secondary N) is 2. The molecule has 3 aromatic heterocycles. The maximum absolute atomic E-state index is 12.6. The molecule has 4 heterocycles. The summed E-state index contributed by atoms with van der Waals surface area (Å²) in [6.07, 6.45) is 5.92. The standard InChI is InChI=1S/C26H34N6O5S/c1-26(2,3)37-25(34)31-14-6-7-18(16-31)21-8-5-9-22(30-21)20-15-28-32-17-19(10-11-23(20)32)24(33)27-12-13-29-38(4,35)36/h5,8-11,15,17-18,29H,6-7,12-14,16H2,1-4H3,(H,27,33). The largest absolute Gasteiger partial charge is 0.444 e. The van der Waals surface area contributed by atoms with Gasteiger partial charge in [-0.05, 0) is 57.9 Å². The number of hydrogen-bond acceptors (Lipinski definition) is 7. The van der Waals surface area contributed by atoms with E-state index in [4.69, 9.17) is 9.72 Å². The van der Waals surface area contributed by atoms with Crippen LogP contribution < -0.4 is 10.0 Å². The third kappa shape index (κ3) is 7.07. The van der Waals surface area contributed by atoms with Crippen molar-refractivity contribution >= 4 is 27.5 Å². The first-order valence-electron chi connectivity index (χ1n) is 12.5. The quantitative estimate of drug-likeness (QED) is 0.438. The molecule has 0 bridgehead atoms. The van der Waals surface area contributed by atoms with Crippen LogP contribution in [0.1, 0.15) is 55.6 Å². The van der Waals surface area contributed by atoms with Gasteiger partial charge in [-0.25, -0.2) is 22.4 Å². The number of carbonyl (C=O) groups excluding carboxylic acids is 2. The Hall–Kier alpha value is -3.51. The average molecular weight is 543 g/mol. The summed E-state index contributed by atoms with van der Waals surface area (Å²) in [5, 5.41) is 7.10. The van der Waals surface area contributed by atoms with Gasteiger partial charge < -0.3 is 15.0 Å². The summed E-state index contributed by atoms with van der Waals surface area (Å²) in [5.74, 6) is -0.225. The molecule has 0 spiro atoms. The summed E-state index contributed by atoms with van der Waals surface area (Å²) >= 11 is 0. The predicted molar refractivity (Wildman–Crippen MR) is 143 cm³/mol. The molecule has 1 aliphatic heterocycles. The summed E-state index contributed by atoms with van der Waals surface area (Å²) < 4.78 is 31.8. The molecule has 0 saturated carbocycles. The summed E-state index contributed by atoms with van der Waals surface area (Å²) in [5.41, 5.74) is 3.16. The second kappa shape index (κ2) is 11.1. The highest BCUT2D eigenvalue weighted by Gasteiger charge is 2.29. The lowest BCUT2D eigenvalue weighted by molar-refractivity contribution is 0.0197. The van der Waals surface area contributed by atoms with Crippen LogP contribution in [0, 0.1) is 0 Å². The normalized spacial score (nSPS) is 16.4. The van der Waals surface area contributed by atoms with E-state index in [-0.39, 0.29) is 31.0 Å². The average Bonchev–Trinajstić information content (AvgIpc) is 3.28. The zero-order valence-corrected chi connectivity index (χ0v) is 22.9. The molecule has 1 saturated heterocycles. The Morgan fingerprint density at radius 3 is 2.68 bits per heavy atom. The van der Waals surface area contributed by atoms with Crippen LogP contribution in [-0.2, 0) is 14.8 Å². The fourth-order valence-corrected chi connectivity index (χ4v) is 4.84. The van der Waals surface area contributed by atoms with Crippen molar-refractivity contribution in [2.75, 3.05) is 32.4 Å². The van der Waals surface area contributed by atoms with Crippen molar-refractivity contribution in [2.45, 2.75) is 45.1 Å². The second-order valence-corrected chi connectivity index (χ2v) is 12.3. The molecule has 2 amide bonds. The van der Waals surface area contributed by atoms with E-state index in [9.17, 15) is 18.0 Å². The van der Waals surface area contributed by atoms with Crippen molar-refractivity contribution in [3.63, 3.8) is 0 Å². The predicted octanol–water partition coefficient (Wildman–Crippen LogP) is 2.79. The molecule has 3 aromatic rings. The van der Waals surface area contributed by atoms with Gasteiger partial charge in [-0.2, -0.15) is 5.10 Å². The van der Waals surface area contributed by atoms with E-state index in [2.05, 4.69) is 15.1 Å². The highest BCUT2D eigenvalue weighted by Crippen LogP contribution is 2.30. The second-order valence-electron chi connectivity index (χ2n) is 10.4. The van der Waals surface area contributed by atoms with E-state index in [1.807, 2.05) is 45.0 Å². The fraction of sp³-hybridized carbons (Fsp3) is 0.462. The van der Waals surface area contributed by atoms with Crippen LogP contribution in [0.5, 0.6) is 0 Å². The monoisotopic (exact) mass is 542 g/mol. The Kier molecular flexibility index (Phi) is 8.02. The van der Waals surface area contributed by atoms with Crippen LogP contribution in [0.15, 0.2) is 42.7 Å². The smallest absolute Gasteiger partial charge is 0.410 e. The van der Waals surface area contributed by atoms with E-state index >= 15 is 0 Å². The van der Waals surface area contributed by atoms with E-state index in [1.165, 1.54) is 0 Å². The zero-order valence-electron chi connectivity index (χ0n) is 22.1. The van der Waals surface area contributed by atoms with Gasteiger partial charge in [-0.3, -0.25) is 9.78 Å². The van der Waals surface area contributed by atoms with Crippen LogP contribution >= 0.6 is 0 Å². The van der Waals surface area contributed by atoms with Crippen molar-refractivity contribution in [2.24, 2.45) is 0 Å². The molecule has 11 nitrogen and oxygen atoms in total. The van der Waals surface area contributed by atoms with E-state index in [0.29, 0.717) is 18.7 Å². The number of aromatic nitrogens is 3. The number of amides is 2. The van der Waals surface area contributed by atoms with Gasteiger partial charge in [-0.15, -0.1) is 0 Å². The molecule has 204 valence electrons. The van der Waals surface area contributed by atoms with Crippen molar-refractivity contribution in [3.05, 3.63) is 54.0 Å². The first kappa shape index (κ1) is 27.5. The minimum absolute atomic E-state index is 0.102. The lowest BCUT2D eigenvalue weighted by atomic mass is 9.94. The number of rotatable bonds is 7. The van der Waals surface area contributed by atoms with Crippen LogP contribution in [0.25, 0.3) is 16.8 Å². The number of piperidine rings is 1. The third-order valence-corrected chi connectivity index (χ3v) is 6.82. The first-order valence-corrected chi connectivity index (χ1v) is 14.4. The summed E-state index contributed by atoms with van der Waals surface area (Å²) in [6.45, 7) is 7.09. The molecule has 1 fully saturated rings. The van der Waals surface area contributed by atoms with Crippen molar-refractivity contribution < 1.29 is 22.7 Å². The molecule has 0 aliphatic carbocycles. The van der Waals surface area contributed by atoms with E-state index in [0.717, 1.165) is 41.6 Å². The molecule has 0 radical (unpaired) electrons. The van der Waals surface area contributed by atoms with Crippen LogP contribution in [0.3, 0.4) is 0 Å². The van der Waals surface area contributed by atoms with Gasteiger partial charge in [0.2, 0.25) is 10.0 Å². The van der Waals surface area contributed by atoms with Gasteiger partial charge in [0.25, 0.3) is 5.91 Å². The number of sulfonamides is 1. The van der Waals surface area contributed by atoms with Gasteiger partial charge in [0.1, 0.15) is 5.60 Å². The van der Waals surface area contributed by atoms with Crippen molar-refractivity contribution in [3.8, 4) is 11.3 Å². The fourth-order valence-electron chi connectivity index (χ4n) is 4.37. The number of carbonyl (C=O) groups is 2. The first-order chi connectivity index (χ1) is 17.9. The van der Waals surface area contributed by atoms with E-state index < -0.39 is 15.6 Å². The summed E-state index contributed by atoms with van der Waals surface area (Å²) in [7, 11) is -3.31. The van der Waals surface area contributed by atoms with Gasteiger partial charge in [-0.1, -0.05) is 6.07 Å². The Morgan fingerprint density at radius 1 is 1.16 bits per heavy atom. The van der Waals surface area contributed by atoms with Gasteiger partial charge in [0, 0.05) is 49.6 Å². The van der Waals surface area contributed by atoms with Crippen LogP contribution in [0.4, 0.5) is 4.79 Å². The lowest BCUT2D eigenvalue weighted by Gasteiger charge is -2.34. The Balaban J connectivity index is 1.47. The Bertz CT molecular complexity index is 1430. The minimum atomic E-state index is -3.31. The topological polar surface area (TPSA) is 135 Å². The number of pyridine rings is 2. The summed E-state index contributed by atoms with van der Waals surface area (Å²) in [6, 6.07) is 9.37. The molecule has 1 unspecified atom stereocenters. The van der Waals surface area contributed by atoms with Crippen molar-refractivity contribution in [1.29, 1.82) is 0 Å². The van der Waals surface area contributed by atoms with Gasteiger partial charge >= 0.3 is 6.09 Å². The number of likely N-dealkylation sites (tertiary alicyclic amines) is 1. The molecule has 38 heavy (non-hydrogen) atoms. The zero-order chi connectivity index (χ0) is 27.5. The molecular weight excluding hydrogens is 508 g/mol.